The molecule has 2 aliphatic heterocycles. The van der Waals surface area contributed by atoms with Crippen LogP contribution in [0.4, 0.5) is 14.0 Å². The Kier molecular flexibility index (Phi) is 11.7. The second kappa shape index (κ2) is 14.7. The van der Waals surface area contributed by atoms with Crippen molar-refractivity contribution in [3.8, 4) is 0 Å². The molecule has 1 N–H and O–H groups in total. The summed E-state index contributed by atoms with van der Waals surface area (Å²) < 4.78 is 24.7. The fourth-order valence-electron chi connectivity index (χ4n) is 5.12. The summed E-state index contributed by atoms with van der Waals surface area (Å²) in [5.74, 6) is -0.132. The number of nitrogens with one attached hydrogen (secondary N) is 1. The van der Waals surface area contributed by atoms with E-state index in [9.17, 15) is 14.0 Å². The normalized spacial score (nSPS) is 20.8. The number of likely N-dealkylation sites (tertiary alicyclic amines) is 1. The molecule has 2 saturated heterocycles. The van der Waals surface area contributed by atoms with E-state index in [2.05, 4.69) is 5.43 Å². The molecule has 2 aliphatic rings. The van der Waals surface area contributed by atoms with Crippen molar-refractivity contribution in [3.05, 3.63) is 34.6 Å². The maximum absolute atomic E-state index is 14.3. The number of ether oxygens (including phenoxy) is 2. The SMILES string of the molecule is CCN(O[C@@H](c1cc(F)cc(Cl)c1)C1CCCN(C(=O)N(CCCC2CCCOC2)NC)C1)C(=O)OC. The molecule has 3 atom stereocenters. The molecular formula is C26H40ClFN4O5. The smallest absolute Gasteiger partial charge is 0.433 e. The lowest BCUT2D eigenvalue weighted by Crippen LogP contribution is -2.52. The van der Waals surface area contributed by atoms with Gasteiger partial charge in [-0.25, -0.2) is 19.4 Å². The van der Waals surface area contributed by atoms with Gasteiger partial charge in [0.2, 0.25) is 0 Å². The minimum atomic E-state index is -0.697. The van der Waals surface area contributed by atoms with Gasteiger partial charge in [0.1, 0.15) is 11.9 Å². The first-order valence-electron chi connectivity index (χ1n) is 13.2. The van der Waals surface area contributed by atoms with E-state index in [0.29, 0.717) is 31.1 Å². The third-order valence-electron chi connectivity index (χ3n) is 7.03. The van der Waals surface area contributed by atoms with E-state index in [0.717, 1.165) is 50.4 Å². The molecule has 0 bridgehead atoms. The van der Waals surface area contributed by atoms with Gasteiger partial charge in [0.15, 0.2) is 0 Å². The number of hydrazine groups is 1. The minimum Gasteiger partial charge on any atom is -0.451 e. The van der Waals surface area contributed by atoms with Crippen molar-refractivity contribution >= 4 is 23.7 Å². The van der Waals surface area contributed by atoms with Crippen molar-refractivity contribution in [2.75, 3.05) is 53.6 Å². The lowest BCUT2D eigenvalue weighted by atomic mass is 9.88. The molecule has 2 fully saturated rings. The molecule has 3 amide bonds. The molecule has 0 aromatic heterocycles. The highest BCUT2D eigenvalue weighted by Crippen LogP contribution is 2.35. The molecule has 37 heavy (non-hydrogen) atoms. The Bertz CT molecular complexity index is 868. The number of methoxy groups -OCH3 is 1. The molecular weight excluding hydrogens is 503 g/mol. The van der Waals surface area contributed by atoms with E-state index in [-0.39, 0.29) is 23.5 Å². The first kappa shape index (κ1) is 29.4. The average molecular weight is 543 g/mol. The van der Waals surface area contributed by atoms with Gasteiger partial charge in [-0.05, 0) is 75.1 Å². The van der Waals surface area contributed by atoms with Gasteiger partial charge in [-0.2, -0.15) is 5.06 Å². The lowest BCUT2D eigenvalue weighted by molar-refractivity contribution is -0.193. The zero-order valence-electron chi connectivity index (χ0n) is 22.1. The van der Waals surface area contributed by atoms with E-state index in [1.807, 2.05) is 0 Å². The Morgan fingerprint density at radius 1 is 1.30 bits per heavy atom. The predicted molar refractivity (Wildman–Crippen MR) is 138 cm³/mol. The van der Waals surface area contributed by atoms with Crippen LogP contribution in [-0.2, 0) is 14.3 Å². The second-order valence-electron chi connectivity index (χ2n) is 9.63. The molecule has 9 nitrogen and oxygen atoms in total. The van der Waals surface area contributed by atoms with E-state index in [4.69, 9.17) is 25.9 Å². The fourth-order valence-corrected chi connectivity index (χ4v) is 5.35. The van der Waals surface area contributed by atoms with Gasteiger partial charge in [0.25, 0.3) is 0 Å². The second-order valence-corrected chi connectivity index (χ2v) is 10.1. The summed E-state index contributed by atoms with van der Waals surface area (Å²) in [7, 11) is 3.02. The van der Waals surface area contributed by atoms with Crippen molar-refractivity contribution < 1.29 is 28.3 Å². The van der Waals surface area contributed by atoms with E-state index < -0.39 is 18.0 Å². The third kappa shape index (κ3) is 8.43. The Morgan fingerprint density at radius 3 is 2.76 bits per heavy atom. The largest absolute Gasteiger partial charge is 0.451 e. The number of hydrogen-bond acceptors (Lipinski definition) is 6. The van der Waals surface area contributed by atoms with Crippen LogP contribution in [-0.4, -0.2) is 80.6 Å². The highest BCUT2D eigenvalue weighted by molar-refractivity contribution is 6.30. The molecule has 2 heterocycles. The van der Waals surface area contributed by atoms with Crippen LogP contribution in [0.15, 0.2) is 18.2 Å². The van der Waals surface area contributed by atoms with Gasteiger partial charge in [-0.1, -0.05) is 11.6 Å². The number of amides is 3. The molecule has 208 valence electrons. The van der Waals surface area contributed by atoms with Gasteiger partial charge in [0.05, 0.1) is 7.11 Å². The van der Waals surface area contributed by atoms with Crippen molar-refractivity contribution in [1.29, 1.82) is 0 Å². The number of halogens is 2. The molecule has 0 aliphatic carbocycles. The molecule has 0 radical (unpaired) electrons. The van der Waals surface area contributed by atoms with Gasteiger partial charge in [-0.15, -0.1) is 0 Å². The molecule has 1 aromatic carbocycles. The highest BCUT2D eigenvalue weighted by Gasteiger charge is 2.35. The molecule has 0 spiro atoms. The van der Waals surface area contributed by atoms with Crippen LogP contribution in [0.3, 0.4) is 0 Å². The average Bonchev–Trinajstić information content (AvgIpc) is 2.91. The summed E-state index contributed by atoms with van der Waals surface area (Å²) in [5.41, 5.74) is 3.54. The third-order valence-corrected chi connectivity index (χ3v) is 7.24. The number of hydroxylamine groups is 2. The lowest BCUT2D eigenvalue weighted by Gasteiger charge is -2.40. The van der Waals surface area contributed by atoms with Crippen LogP contribution in [0.5, 0.6) is 0 Å². The topological polar surface area (TPSA) is 83.6 Å². The Morgan fingerprint density at radius 2 is 2.11 bits per heavy atom. The number of urea groups is 1. The van der Waals surface area contributed by atoms with Crippen LogP contribution in [0.1, 0.15) is 57.1 Å². The number of carbonyl (C=O) groups is 2. The van der Waals surface area contributed by atoms with Crippen LogP contribution in [0, 0.1) is 17.7 Å². The highest BCUT2D eigenvalue weighted by atomic mass is 35.5. The summed E-state index contributed by atoms with van der Waals surface area (Å²) in [5, 5.41) is 2.99. The summed E-state index contributed by atoms with van der Waals surface area (Å²) in [6, 6.07) is 4.11. The van der Waals surface area contributed by atoms with Crippen molar-refractivity contribution in [1.82, 2.24) is 20.4 Å². The van der Waals surface area contributed by atoms with E-state index >= 15 is 0 Å². The maximum Gasteiger partial charge on any atom is 0.433 e. The first-order chi connectivity index (χ1) is 17.9. The van der Waals surface area contributed by atoms with Crippen LogP contribution in [0.2, 0.25) is 5.02 Å². The molecule has 2 unspecified atom stereocenters. The standard InChI is InChI=1S/C26H40ClFN4O5/c1-4-32(26(34)35-3)37-24(21-14-22(27)16-23(28)15-21)20-10-6-11-30(17-20)25(33)31(29-2)12-5-8-19-9-7-13-36-18-19/h14-16,19-20,24,29H,4-13,17-18H2,1-3H3/t19?,20?,24-/m1/s1. The number of nitrogens with zero attached hydrogens (tertiary/aromatic N) is 3. The zero-order chi connectivity index (χ0) is 26.8. The number of rotatable bonds is 10. The number of benzene rings is 1. The molecule has 11 heteroatoms. The van der Waals surface area contributed by atoms with Crippen LogP contribution >= 0.6 is 11.6 Å². The predicted octanol–water partition coefficient (Wildman–Crippen LogP) is 5.02. The van der Waals surface area contributed by atoms with Crippen molar-refractivity contribution in [3.63, 3.8) is 0 Å². The molecule has 1 aromatic rings. The quantitative estimate of drug-likeness (QED) is 0.418. The summed E-state index contributed by atoms with van der Waals surface area (Å²) in [6.07, 6.45) is 4.32. The zero-order valence-corrected chi connectivity index (χ0v) is 22.8. The van der Waals surface area contributed by atoms with E-state index in [1.54, 1.807) is 29.9 Å². The summed E-state index contributed by atoms with van der Waals surface area (Å²) in [6.45, 7) is 5.23. The summed E-state index contributed by atoms with van der Waals surface area (Å²) in [4.78, 5) is 33.5. The van der Waals surface area contributed by atoms with Gasteiger partial charge in [-0.3, -0.25) is 9.85 Å². The monoisotopic (exact) mass is 542 g/mol. The number of piperidine rings is 1. The molecule has 3 rings (SSSR count). The van der Waals surface area contributed by atoms with Crippen molar-refractivity contribution in [2.24, 2.45) is 11.8 Å². The van der Waals surface area contributed by atoms with Crippen molar-refractivity contribution in [2.45, 2.75) is 51.6 Å². The molecule has 0 saturated carbocycles. The van der Waals surface area contributed by atoms with Gasteiger partial charge < -0.3 is 14.4 Å². The minimum absolute atomic E-state index is 0.108. The fraction of sp³-hybridized carbons (Fsp3) is 0.692. The van der Waals surface area contributed by atoms with Crippen LogP contribution < -0.4 is 5.43 Å². The first-order valence-corrected chi connectivity index (χ1v) is 13.5. The van der Waals surface area contributed by atoms with E-state index in [1.165, 1.54) is 25.7 Å². The Labute approximate surface area is 224 Å². The van der Waals surface area contributed by atoms with Crippen LogP contribution in [0.25, 0.3) is 0 Å². The number of hydrogen-bond donors (Lipinski definition) is 1. The summed E-state index contributed by atoms with van der Waals surface area (Å²) >= 11 is 6.15. The Balaban J connectivity index is 1.70. The van der Waals surface area contributed by atoms with Gasteiger partial charge >= 0.3 is 12.1 Å². The Hall–Kier alpha value is -2.14. The maximum atomic E-state index is 14.3. The number of carbonyl (C=O) groups excluding carboxylic acids is 2. The van der Waals surface area contributed by atoms with Gasteiger partial charge in [0, 0.05) is 57.4 Å².